The van der Waals surface area contributed by atoms with Crippen molar-refractivity contribution in [2.45, 2.75) is 101 Å². The van der Waals surface area contributed by atoms with E-state index in [4.69, 9.17) is 18.9 Å². The van der Waals surface area contributed by atoms with Gasteiger partial charge in [-0.05, 0) is 44.7 Å². The van der Waals surface area contributed by atoms with Crippen LogP contribution in [0.5, 0.6) is 17.2 Å². The number of carbonyl (C=O) groups is 4. The van der Waals surface area contributed by atoms with Gasteiger partial charge in [0.05, 0.1) is 42.0 Å². The van der Waals surface area contributed by atoms with Gasteiger partial charge >= 0.3 is 6.09 Å². The number of aliphatic hydroxyl groups is 3. The summed E-state index contributed by atoms with van der Waals surface area (Å²) in [6.07, 6.45) is 1.13. The Kier molecular flexibility index (Phi) is 10.0. The van der Waals surface area contributed by atoms with Crippen LogP contribution < -0.4 is 10.1 Å². The lowest BCUT2D eigenvalue weighted by molar-refractivity contribution is -0.249. The molecule has 6 N–H and O–H groups in total. The maximum absolute atomic E-state index is 13.9. The van der Waals surface area contributed by atoms with E-state index in [1.165, 1.54) is 25.3 Å². The number of benzene rings is 2. The Morgan fingerprint density at radius 2 is 1.82 bits per heavy atom. The van der Waals surface area contributed by atoms with Crippen LogP contribution in [0.1, 0.15) is 101 Å². The average molecular weight is 696 g/mol. The number of ether oxygens (including phenoxy) is 4. The Morgan fingerprint density at radius 1 is 1.06 bits per heavy atom. The van der Waals surface area contributed by atoms with Gasteiger partial charge in [0.1, 0.15) is 41.7 Å². The zero-order valence-corrected chi connectivity index (χ0v) is 27.7. The van der Waals surface area contributed by atoms with E-state index in [1.54, 1.807) is 6.92 Å². The number of carbonyl (C=O) groups excluding carboxylic acids is 4. The van der Waals surface area contributed by atoms with Crippen molar-refractivity contribution in [3.8, 4) is 17.2 Å². The Labute approximate surface area is 287 Å². The van der Waals surface area contributed by atoms with Gasteiger partial charge < -0.3 is 49.8 Å². The maximum atomic E-state index is 13.9. The first-order chi connectivity index (χ1) is 23.9. The molecule has 50 heavy (non-hydrogen) atoms. The fourth-order valence-electron chi connectivity index (χ4n) is 7.41. The third kappa shape index (κ3) is 6.37. The number of fused-ring (bicyclic) bond motifs is 3. The first-order valence-electron chi connectivity index (χ1n) is 16.7. The van der Waals surface area contributed by atoms with E-state index >= 15 is 0 Å². The summed E-state index contributed by atoms with van der Waals surface area (Å²) in [7, 11) is 1.31. The molecule has 6 rings (SSSR count). The molecule has 0 spiro atoms. The highest BCUT2D eigenvalue weighted by molar-refractivity contribution is 6.31. The van der Waals surface area contributed by atoms with E-state index in [1.807, 2.05) is 12.2 Å². The second-order valence-electron chi connectivity index (χ2n) is 13.3. The average Bonchev–Trinajstić information content (AvgIpc) is 3.07. The Morgan fingerprint density at radius 3 is 2.56 bits per heavy atom. The molecular formula is C36H41NO13. The zero-order valence-electron chi connectivity index (χ0n) is 27.7. The number of rotatable bonds is 7. The smallest absolute Gasteiger partial charge is 0.408 e. The van der Waals surface area contributed by atoms with Gasteiger partial charge in [0.2, 0.25) is 5.78 Å². The highest BCUT2D eigenvalue weighted by Crippen LogP contribution is 2.52. The fourth-order valence-corrected chi connectivity index (χ4v) is 7.41. The minimum Gasteiger partial charge on any atom is -0.507 e. The molecule has 14 nitrogen and oxygen atoms in total. The SMILES string of the molecule is COc1cccc2c1C(=O)c1c(O)c3c(c(O)c1C2=O)C[C@@](O)(C(=O)CO)C[C@@H]3OC1C[C@@H](NC(=O)OC2C=CCCCCC2)C(O)C(C)O1. The van der Waals surface area contributed by atoms with Crippen LogP contribution in [0.3, 0.4) is 0 Å². The highest BCUT2D eigenvalue weighted by Gasteiger charge is 2.50. The molecule has 14 heteroatoms. The Hall–Kier alpha value is -4.34. The molecule has 2 aromatic rings. The third-order valence-electron chi connectivity index (χ3n) is 10.0. The molecule has 4 unspecified atom stereocenters. The summed E-state index contributed by atoms with van der Waals surface area (Å²) >= 11 is 0. The van der Waals surface area contributed by atoms with E-state index in [0.29, 0.717) is 6.42 Å². The lowest BCUT2D eigenvalue weighted by atomic mass is 9.72. The number of ketones is 3. The van der Waals surface area contributed by atoms with E-state index in [2.05, 4.69) is 5.32 Å². The van der Waals surface area contributed by atoms with Crippen LogP contribution in [-0.4, -0.2) is 98.9 Å². The molecule has 0 aromatic heterocycles. The van der Waals surface area contributed by atoms with Crippen molar-refractivity contribution >= 4 is 23.4 Å². The van der Waals surface area contributed by atoms with Crippen molar-refractivity contribution in [3.63, 3.8) is 0 Å². The van der Waals surface area contributed by atoms with Crippen molar-refractivity contribution in [2.75, 3.05) is 13.7 Å². The molecule has 2 aromatic carbocycles. The van der Waals surface area contributed by atoms with Gasteiger partial charge in [0, 0.05) is 36.0 Å². The maximum Gasteiger partial charge on any atom is 0.408 e. The van der Waals surface area contributed by atoms with Crippen LogP contribution in [0.2, 0.25) is 0 Å². The summed E-state index contributed by atoms with van der Waals surface area (Å²) in [5.41, 5.74) is -3.93. The lowest BCUT2D eigenvalue weighted by Crippen LogP contribution is -2.56. The van der Waals surface area contributed by atoms with Crippen LogP contribution >= 0.6 is 0 Å². The van der Waals surface area contributed by atoms with Crippen molar-refractivity contribution in [1.29, 1.82) is 0 Å². The molecule has 0 saturated carbocycles. The number of phenols is 2. The number of aromatic hydroxyl groups is 2. The van der Waals surface area contributed by atoms with Gasteiger partial charge in [0.15, 0.2) is 17.9 Å². The summed E-state index contributed by atoms with van der Waals surface area (Å²) in [6.45, 7) is 0.487. The molecular weight excluding hydrogens is 654 g/mol. The molecule has 1 fully saturated rings. The topological polar surface area (TPSA) is 218 Å². The van der Waals surface area contributed by atoms with E-state index in [0.717, 1.165) is 25.7 Å². The molecule has 1 saturated heterocycles. The molecule has 1 aliphatic heterocycles. The summed E-state index contributed by atoms with van der Waals surface area (Å²) < 4.78 is 23.0. The number of Topliss-reactive ketones (excluding diaryl/α,β-unsaturated/α-hetero) is 1. The lowest BCUT2D eigenvalue weighted by Gasteiger charge is -2.42. The number of aliphatic hydroxyl groups excluding tert-OH is 2. The molecule has 3 aliphatic carbocycles. The summed E-state index contributed by atoms with van der Waals surface area (Å²) in [6, 6.07) is 3.41. The standard InChI is InChI=1S/C36H41NO13/c1-17-30(40)21(37-35(45)49-18-9-6-4-3-5-7-10-18)13-25(48-17)50-23-15-36(46,24(39)16-38)14-20-27(23)34(44)29-28(32(20)42)31(41)19-11-8-12-22(47-2)26(19)33(29)43/h6,8-9,11-12,17-18,21,23,25,30,38,40,42,44,46H,3-5,7,10,13-16H2,1-2H3,(H,37,45)/t17?,18?,21-,23+,25?,30?,36+/m1/s1. The van der Waals surface area contributed by atoms with Crippen LogP contribution in [-0.2, 0) is 25.4 Å². The molecule has 0 radical (unpaired) electrons. The number of nitrogens with one attached hydrogen (secondary N) is 1. The predicted octanol–water partition coefficient (Wildman–Crippen LogP) is 2.66. The van der Waals surface area contributed by atoms with E-state index < -0.39 is 108 Å². The molecule has 7 atom stereocenters. The number of allylic oxidation sites excluding steroid dienone is 1. The van der Waals surface area contributed by atoms with Crippen LogP contribution in [0.4, 0.5) is 4.79 Å². The van der Waals surface area contributed by atoms with Crippen molar-refractivity contribution in [3.05, 3.63) is 63.7 Å². The van der Waals surface area contributed by atoms with Gasteiger partial charge in [0.25, 0.3) is 0 Å². The van der Waals surface area contributed by atoms with Crippen LogP contribution in [0, 0.1) is 0 Å². The van der Waals surface area contributed by atoms with Crippen LogP contribution in [0.25, 0.3) is 0 Å². The first-order valence-corrected chi connectivity index (χ1v) is 16.7. The van der Waals surface area contributed by atoms with Crippen molar-refractivity contribution in [2.24, 2.45) is 0 Å². The summed E-state index contributed by atoms with van der Waals surface area (Å²) in [5, 5.41) is 58.1. The second kappa shape index (κ2) is 14.1. The largest absolute Gasteiger partial charge is 0.507 e. The van der Waals surface area contributed by atoms with Crippen molar-refractivity contribution in [1.82, 2.24) is 5.32 Å². The molecule has 4 aliphatic rings. The van der Waals surface area contributed by atoms with Gasteiger partial charge in [-0.2, -0.15) is 0 Å². The molecule has 0 bridgehead atoms. The number of hydrogen-bond acceptors (Lipinski definition) is 13. The monoisotopic (exact) mass is 695 g/mol. The van der Waals surface area contributed by atoms with Gasteiger partial charge in [-0.15, -0.1) is 0 Å². The zero-order chi connectivity index (χ0) is 35.9. The molecule has 1 heterocycles. The summed E-state index contributed by atoms with van der Waals surface area (Å²) in [4.78, 5) is 53.4. The normalized spacial score (nSPS) is 29.1. The van der Waals surface area contributed by atoms with E-state index in [9.17, 15) is 44.7 Å². The van der Waals surface area contributed by atoms with Gasteiger partial charge in [-0.25, -0.2) is 4.79 Å². The Bertz CT molecular complexity index is 1740. The number of phenolic OH excluding ortho intramolecular Hbond substituents is 2. The third-order valence-corrected chi connectivity index (χ3v) is 10.0. The van der Waals surface area contributed by atoms with Gasteiger partial charge in [-0.3, -0.25) is 14.4 Å². The number of amides is 1. The molecule has 268 valence electrons. The quantitative estimate of drug-likeness (QED) is 0.155. The highest BCUT2D eigenvalue weighted by atomic mass is 16.7. The summed E-state index contributed by atoms with van der Waals surface area (Å²) in [5.74, 6) is -3.98. The predicted molar refractivity (Wildman–Crippen MR) is 173 cm³/mol. The number of alkyl carbamates (subject to hydrolysis) is 1. The second-order valence-corrected chi connectivity index (χ2v) is 13.3. The first kappa shape index (κ1) is 35.5. The van der Waals surface area contributed by atoms with Gasteiger partial charge in [-0.1, -0.05) is 24.6 Å². The number of methoxy groups -OCH3 is 1. The minimum absolute atomic E-state index is 0.0737. The number of hydrogen-bond donors (Lipinski definition) is 6. The molecule has 1 amide bonds. The van der Waals surface area contributed by atoms with Crippen LogP contribution in [0.15, 0.2) is 30.4 Å². The minimum atomic E-state index is -2.32. The van der Waals surface area contributed by atoms with Crippen molar-refractivity contribution < 1.29 is 63.7 Å². The van der Waals surface area contributed by atoms with E-state index in [-0.39, 0.29) is 34.4 Å². The Balaban J connectivity index is 1.33. The fraction of sp³-hybridized carbons (Fsp3) is 0.500.